The maximum atomic E-state index is 12.0. The number of carbonyl (C=O) groups is 1. The monoisotopic (exact) mass is 385 g/mol. The largest absolute Gasteiger partial charge is 0.497 e. The molecule has 7 nitrogen and oxygen atoms in total. The van der Waals surface area contributed by atoms with Gasteiger partial charge in [0, 0.05) is 0 Å². The first-order valence-electron chi connectivity index (χ1n) is 8.21. The van der Waals surface area contributed by atoms with Crippen molar-refractivity contribution in [2.45, 2.75) is 13.5 Å². The van der Waals surface area contributed by atoms with Crippen molar-refractivity contribution in [1.82, 2.24) is 10.2 Å². The fourth-order valence-corrected chi connectivity index (χ4v) is 2.87. The van der Waals surface area contributed by atoms with E-state index >= 15 is 0 Å². The first-order valence-corrected chi connectivity index (χ1v) is 9.03. The van der Waals surface area contributed by atoms with Crippen LogP contribution in [0.2, 0.25) is 0 Å². The number of amides is 1. The Morgan fingerprint density at radius 3 is 2.52 bits per heavy atom. The van der Waals surface area contributed by atoms with Gasteiger partial charge in [-0.25, -0.2) is 0 Å². The van der Waals surface area contributed by atoms with E-state index < -0.39 is 0 Å². The van der Waals surface area contributed by atoms with Gasteiger partial charge in [0.05, 0.1) is 7.11 Å². The van der Waals surface area contributed by atoms with Crippen LogP contribution in [0.25, 0.3) is 0 Å². The molecule has 1 heterocycles. The Morgan fingerprint density at radius 1 is 1.04 bits per heavy atom. The van der Waals surface area contributed by atoms with Crippen molar-refractivity contribution >= 4 is 22.4 Å². The molecule has 0 saturated carbocycles. The van der Waals surface area contributed by atoms with E-state index in [1.54, 1.807) is 31.4 Å². The van der Waals surface area contributed by atoms with E-state index in [1.165, 1.54) is 11.3 Å². The summed E-state index contributed by atoms with van der Waals surface area (Å²) in [4.78, 5) is 12.0. The lowest BCUT2D eigenvalue weighted by atomic mass is 10.2. The van der Waals surface area contributed by atoms with Crippen molar-refractivity contribution in [3.05, 3.63) is 59.1 Å². The standard InChI is InChI=1S/C19H19N3O4S/c1-13-5-3-4-6-16(13)26-12-18-21-22-19(27-18)20-17(23)11-25-15-9-7-14(24-2)8-10-15/h3-10H,11-12H2,1-2H3,(H,20,22,23). The second kappa shape index (κ2) is 9.00. The van der Waals surface area contributed by atoms with Crippen LogP contribution in [-0.4, -0.2) is 29.8 Å². The molecule has 1 aromatic heterocycles. The lowest BCUT2D eigenvalue weighted by Gasteiger charge is -2.06. The van der Waals surface area contributed by atoms with Gasteiger partial charge in [0.25, 0.3) is 5.91 Å². The minimum absolute atomic E-state index is 0.124. The van der Waals surface area contributed by atoms with Gasteiger partial charge < -0.3 is 14.2 Å². The van der Waals surface area contributed by atoms with E-state index in [0.29, 0.717) is 22.5 Å². The molecule has 0 atom stereocenters. The van der Waals surface area contributed by atoms with Crippen LogP contribution in [0.5, 0.6) is 17.2 Å². The molecule has 3 rings (SSSR count). The number of anilines is 1. The number of carbonyl (C=O) groups excluding carboxylic acids is 1. The van der Waals surface area contributed by atoms with Crippen LogP contribution in [0.15, 0.2) is 48.5 Å². The van der Waals surface area contributed by atoms with Gasteiger partial charge in [-0.2, -0.15) is 0 Å². The highest BCUT2D eigenvalue weighted by molar-refractivity contribution is 7.15. The average molecular weight is 385 g/mol. The van der Waals surface area contributed by atoms with E-state index in [9.17, 15) is 4.79 Å². The Morgan fingerprint density at radius 2 is 1.78 bits per heavy atom. The molecule has 0 bridgehead atoms. The molecule has 0 aliphatic carbocycles. The average Bonchev–Trinajstić information content (AvgIpc) is 3.13. The SMILES string of the molecule is COc1ccc(OCC(=O)Nc2nnc(COc3ccccc3C)s2)cc1. The molecule has 140 valence electrons. The highest BCUT2D eigenvalue weighted by atomic mass is 32.1. The van der Waals surface area contributed by atoms with E-state index in [0.717, 1.165) is 17.1 Å². The molecule has 0 fully saturated rings. The van der Waals surface area contributed by atoms with Crippen molar-refractivity contribution in [2.24, 2.45) is 0 Å². The zero-order valence-corrected chi connectivity index (χ0v) is 15.8. The fourth-order valence-electron chi connectivity index (χ4n) is 2.20. The minimum Gasteiger partial charge on any atom is -0.497 e. The topological polar surface area (TPSA) is 82.6 Å². The number of aromatic nitrogens is 2. The number of benzene rings is 2. The number of aryl methyl sites for hydroxylation is 1. The maximum Gasteiger partial charge on any atom is 0.264 e. The van der Waals surface area contributed by atoms with Gasteiger partial charge in [-0.05, 0) is 42.8 Å². The quantitative estimate of drug-likeness (QED) is 0.639. The zero-order chi connectivity index (χ0) is 19.1. The van der Waals surface area contributed by atoms with Crippen LogP contribution in [0, 0.1) is 6.92 Å². The number of ether oxygens (including phenoxy) is 3. The summed E-state index contributed by atoms with van der Waals surface area (Å²) in [5, 5.41) is 11.7. The van der Waals surface area contributed by atoms with Crippen LogP contribution >= 0.6 is 11.3 Å². The number of rotatable bonds is 8. The number of para-hydroxylation sites is 1. The van der Waals surface area contributed by atoms with Crippen LogP contribution < -0.4 is 19.5 Å². The van der Waals surface area contributed by atoms with Crippen LogP contribution in [0.1, 0.15) is 10.6 Å². The smallest absolute Gasteiger partial charge is 0.264 e. The first kappa shape index (κ1) is 18.7. The van der Waals surface area contributed by atoms with E-state index in [-0.39, 0.29) is 12.5 Å². The number of hydrogen-bond acceptors (Lipinski definition) is 7. The summed E-state index contributed by atoms with van der Waals surface area (Å²) in [6.07, 6.45) is 0. The van der Waals surface area contributed by atoms with Gasteiger partial charge in [0.15, 0.2) is 11.6 Å². The number of nitrogens with one attached hydrogen (secondary N) is 1. The number of methoxy groups -OCH3 is 1. The molecule has 2 aromatic carbocycles. The van der Waals surface area contributed by atoms with Crippen LogP contribution in [0.3, 0.4) is 0 Å². The summed E-state index contributed by atoms with van der Waals surface area (Å²) in [5.74, 6) is 1.79. The summed E-state index contributed by atoms with van der Waals surface area (Å²) in [7, 11) is 1.59. The summed E-state index contributed by atoms with van der Waals surface area (Å²) < 4.78 is 16.2. The van der Waals surface area contributed by atoms with Crippen molar-refractivity contribution in [1.29, 1.82) is 0 Å². The lowest BCUT2D eigenvalue weighted by Crippen LogP contribution is -2.20. The maximum absolute atomic E-state index is 12.0. The normalized spacial score (nSPS) is 10.3. The van der Waals surface area contributed by atoms with Crippen LogP contribution in [0.4, 0.5) is 5.13 Å². The Hall–Kier alpha value is -3.13. The van der Waals surface area contributed by atoms with E-state index in [1.807, 2.05) is 31.2 Å². The molecule has 0 unspecified atom stereocenters. The predicted octanol–water partition coefficient (Wildman–Crippen LogP) is 3.45. The molecular weight excluding hydrogens is 366 g/mol. The summed E-state index contributed by atoms with van der Waals surface area (Å²) in [6.45, 7) is 2.14. The van der Waals surface area contributed by atoms with Crippen molar-refractivity contribution < 1.29 is 19.0 Å². The Kier molecular flexibility index (Phi) is 6.22. The van der Waals surface area contributed by atoms with Gasteiger partial charge in [-0.3, -0.25) is 10.1 Å². The Balaban J connectivity index is 1.46. The molecule has 0 radical (unpaired) electrons. The fraction of sp³-hybridized carbons (Fsp3) is 0.211. The van der Waals surface area contributed by atoms with Crippen molar-refractivity contribution in [2.75, 3.05) is 19.0 Å². The number of hydrogen-bond donors (Lipinski definition) is 1. The third-order valence-corrected chi connectivity index (χ3v) is 4.40. The molecular formula is C19H19N3O4S. The third-order valence-electron chi connectivity index (χ3n) is 3.59. The Labute approximate surface area is 160 Å². The molecule has 27 heavy (non-hydrogen) atoms. The van der Waals surface area contributed by atoms with Crippen molar-refractivity contribution in [3.63, 3.8) is 0 Å². The van der Waals surface area contributed by atoms with Crippen LogP contribution in [-0.2, 0) is 11.4 Å². The highest BCUT2D eigenvalue weighted by Gasteiger charge is 2.10. The van der Waals surface area contributed by atoms with E-state index in [2.05, 4.69) is 15.5 Å². The molecule has 1 amide bonds. The molecule has 1 N–H and O–H groups in total. The molecule has 8 heteroatoms. The lowest BCUT2D eigenvalue weighted by molar-refractivity contribution is -0.118. The molecule has 0 spiro atoms. The third kappa shape index (κ3) is 5.42. The first-order chi connectivity index (χ1) is 13.1. The second-order valence-electron chi connectivity index (χ2n) is 5.57. The predicted molar refractivity (Wildman–Crippen MR) is 103 cm³/mol. The summed E-state index contributed by atoms with van der Waals surface area (Å²) in [5.41, 5.74) is 1.05. The van der Waals surface area contributed by atoms with E-state index in [4.69, 9.17) is 14.2 Å². The molecule has 0 aliphatic rings. The van der Waals surface area contributed by atoms with Gasteiger partial charge in [-0.15, -0.1) is 10.2 Å². The van der Waals surface area contributed by atoms with Gasteiger partial charge in [-0.1, -0.05) is 29.5 Å². The summed E-state index contributed by atoms with van der Waals surface area (Å²) in [6, 6.07) is 14.7. The van der Waals surface area contributed by atoms with Gasteiger partial charge in [0.2, 0.25) is 5.13 Å². The molecule has 0 aliphatic heterocycles. The second-order valence-corrected chi connectivity index (χ2v) is 6.63. The summed E-state index contributed by atoms with van der Waals surface area (Å²) >= 11 is 1.26. The zero-order valence-electron chi connectivity index (χ0n) is 15.0. The van der Waals surface area contributed by atoms with Gasteiger partial charge in [0.1, 0.15) is 23.9 Å². The molecule has 3 aromatic rings. The van der Waals surface area contributed by atoms with Gasteiger partial charge >= 0.3 is 0 Å². The molecule has 0 saturated heterocycles. The highest BCUT2D eigenvalue weighted by Crippen LogP contribution is 2.21. The minimum atomic E-state index is -0.312. The number of nitrogens with zero attached hydrogens (tertiary/aromatic N) is 2. The van der Waals surface area contributed by atoms with Crippen molar-refractivity contribution in [3.8, 4) is 17.2 Å². The Bertz CT molecular complexity index is 896.